The quantitative estimate of drug-likeness (QED) is 0.654. The Hall–Kier alpha value is -3.35. The minimum absolute atomic E-state index is 0.134. The molecule has 1 heterocycles. The number of aromatic carboxylic acids is 1. The summed E-state index contributed by atoms with van der Waals surface area (Å²) in [6.45, 7) is 5.83. The molecule has 1 aliphatic heterocycles. The van der Waals surface area contributed by atoms with E-state index >= 15 is 0 Å². The number of ether oxygens (including phenoxy) is 1. The molecule has 0 radical (unpaired) electrons. The zero-order valence-corrected chi connectivity index (χ0v) is 17.3. The highest BCUT2D eigenvalue weighted by Crippen LogP contribution is 2.46. The van der Waals surface area contributed by atoms with Crippen LogP contribution in [0.4, 0.5) is 10.5 Å². The molecular formula is C23H26N2O5. The second-order valence-electron chi connectivity index (χ2n) is 7.32. The lowest BCUT2D eigenvalue weighted by atomic mass is 9.72. The largest absolute Gasteiger partial charge is 0.478 e. The number of aryl methyl sites for hydroxylation is 1. The summed E-state index contributed by atoms with van der Waals surface area (Å²) in [5.74, 6) is -0.914. The molecule has 30 heavy (non-hydrogen) atoms. The average Bonchev–Trinajstić information content (AvgIpc) is 2.75. The molecule has 0 saturated carbocycles. The molecule has 3 amide bonds. The van der Waals surface area contributed by atoms with E-state index < -0.39 is 23.6 Å². The summed E-state index contributed by atoms with van der Waals surface area (Å²) in [4.78, 5) is 37.9. The van der Waals surface area contributed by atoms with Crippen molar-refractivity contribution in [1.29, 1.82) is 0 Å². The highest BCUT2D eigenvalue weighted by atomic mass is 16.5. The monoisotopic (exact) mass is 410 g/mol. The van der Waals surface area contributed by atoms with E-state index in [4.69, 9.17) is 9.84 Å². The van der Waals surface area contributed by atoms with Gasteiger partial charge in [-0.15, -0.1) is 0 Å². The predicted octanol–water partition coefficient (Wildman–Crippen LogP) is 4.53. The number of carbonyl (C=O) groups is 3. The molecule has 3 rings (SSSR count). The third kappa shape index (κ3) is 3.75. The van der Waals surface area contributed by atoms with Crippen molar-refractivity contribution in [3.05, 3.63) is 59.7 Å². The van der Waals surface area contributed by atoms with Crippen LogP contribution < -0.4 is 10.1 Å². The van der Waals surface area contributed by atoms with Crippen LogP contribution in [0, 0.1) is 5.41 Å². The van der Waals surface area contributed by atoms with Crippen LogP contribution in [0.1, 0.15) is 49.5 Å². The van der Waals surface area contributed by atoms with Gasteiger partial charge in [-0.2, -0.15) is 0 Å². The topological polar surface area (TPSA) is 95.9 Å². The van der Waals surface area contributed by atoms with Crippen LogP contribution in [0.25, 0.3) is 0 Å². The van der Waals surface area contributed by atoms with Gasteiger partial charge in [0, 0.05) is 5.69 Å². The van der Waals surface area contributed by atoms with Gasteiger partial charge in [-0.25, -0.2) is 14.5 Å². The van der Waals surface area contributed by atoms with E-state index in [1.54, 1.807) is 12.1 Å². The number of likely N-dealkylation sites (tertiary alicyclic amines) is 1. The maximum Gasteiger partial charge on any atom is 0.335 e. The number of hydrogen-bond acceptors (Lipinski definition) is 4. The maximum absolute atomic E-state index is 12.9. The fourth-order valence-corrected chi connectivity index (χ4v) is 3.71. The first-order valence-electron chi connectivity index (χ1n) is 10.1. The van der Waals surface area contributed by atoms with E-state index in [-0.39, 0.29) is 11.5 Å². The maximum atomic E-state index is 12.9. The van der Waals surface area contributed by atoms with Gasteiger partial charge < -0.3 is 15.2 Å². The number of β-lactam (4-membered cyclic amide) rings is 1. The van der Waals surface area contributed by atoms with Crippen molar-refractivity contribution in [2.75, 3.05) is 5.32 Å². The third-order valence-electron chi connectivity index (χ3n) is 5.79. The van der Waals surface area contributed by atoms with E-state index in [1.807, 2.05) is 32.9 Å². The number of anilines is 1. The van der Waals surface area contributed by atoms with Crippen LogP contribution in [0.3, 0.4) is 0 Å². The van der Waals surface area contributed by atoms with Gasteiger partial charge >= 0.3 is 12.0 Å². The zero-order chi connectivity index (χ0) is 21.9. The van der Waals surface area contributed by atoms with Crippen molar-refractivity contribution in [1.82, 2.24) is 4.90 Å². The second-order valence-corrected chi connectivity index (χ2v) is 7.32. The molecule has 2 aromatic rings. The molecule has 0 aromatic heterocycles. The van der Waals surface area contributed by atoms with Crippen LogP contribution in [0.5, 0.6) is 5.75 Å². The molecule has 0 aliphatic carbocycles. The highest BCUT2D eigenvalue weighted by Gasteiger charge is 2.62. The lowest BCUT2D eigenvalue weighted by molar-refractivity contribution is -0.190. The van der Waals surface area contributed by atoms with Crippen molar-refractivity contribution < 1.29 is 24.2 Å². The Balaban J connectivity index is 1.81. The molecule has 7 heteroatoms. The number of nitrogens with zero attached hydrogens (tertiary/aromatic N) is 1. The van der Waals surface area contributed by atoms with Crippen molar-refractivity contribution in [3.63, 3.8) is 0 Å². The lowest BCUT2D eigenvalue weighted by Gasteiger charge is -2.53. The number of carboxylic acid groups (broad SMARTS) is 1. The molecule has 1 fully saturated rings. The van der Waals surface area contributed by atoms with Gasteiger partial charge in [0.15, 0.2) is 6.23 Å². The van der Waals surface area contributed by atoms with E-state index in [9.17, 15) is 14.4 Å². The summed E-state index contributed by atoms with van der Waals surface area (Å²) in [5.41, 5.74) is 1.08. The number of hydrogen-bond donors (Lipinski definition) is 2. The van der Waals surface area contributed by atoms with Crippen LogP contribution in [0.2, 0.25) is 0 Å². The number of carbonyl (C=O) groups excluding carboxylic acids is 2. The first-order chi connectivity index (χ1) is 14.4. The van der Waals surface area contributed by atoms with Crippen molar-refractivity contribution >= 4 is 23.6 Å². The lowest BCUT2D eigenvalue weighted by Crippen LogP contribution is -2.73. The normalized spacial score (nSPS) is 17.2. The Labute approximate surface area is 175 Å². The predicted molar refractivity (Wildman–Crippen MR) is 113 cm³/mol. The molecule has 0 spiro atoms. The SMILES string of the molecule is CCc1ccc(NC(=O)N2C(=O)C(CC)(CC)C2Oc2ccc(C(=O)O)cc2)cc1. The fraction of sp³-hybridized carbons (Fsp3) is 0.348. The molecule has 158 valence electrons. The Kier molecular flexibility index (Phi) is 6.10. The summed E-state index contributed by atoms with van der Waals surface area (Å²) >= 11 is 0. The number of carboxylic acids is 1. The van der Waals surface area contributed by atoms with E-state index in [0.717, 1.165) is 16.9 Å². The van der Waals surface area contributed by atoms with Gasteiger partial charge in [0.25, 0.3) is 0 Å². The van der Waals surface area contributed by atoms with Gasteiger partial charge in [-0.3, -0.25) is 4.79 Å². The summed E-state index contributed by atoms with van der Waals surface area (Å²) in [6, 6.07) is 12.8. The molecule has 2 aromatic carbocycles. The molecule has 7 nitrogen and oxygen atoms in total. The molecule has 1 atom stereocenters. The van der Waals surface area contributed by atoms with Gasteiger partial charge in [-0.1, -0.05) is 32.9 Å². The number of urea groups is 1. The Bertz CT molecular complexity index is 933. The number of imide groups is 1. The molecule has 2 N–H and O–H groups in total. The standard InChI is InChI=1S/C23H26N2O5/c1-4-15-7-11-17(12-8-15)24-22(29)25-20(28)23(5-2,6-3)21(25)30-18-13-9-16(10-14-18)19(26)27/h7-14,21H,4-6H2,1-3H3,(H,24,29)(H,26,27). The Morgan fingerprint density at radius 2 is 1.63 bits per heavy atom. The summed E-state index contributed by atoms with van der Waals surface area (Å²) in [6.07, 6.45) is 1.17. The van der Waals surface area contributed by atoms with Gasteiger partial charge in [0.2, 0.25) is 5.91 Å². The molecule has 1 aliphatic rings. The zero-order valence-electron chi connectivity index (χ0n) is 17.3. The minimum atomic E-state index is -1.04. The van der Waals surface area contributed by atoms with E-state index in [1.165, 1.54) is 24.3 Å². The smallest absolute Gasteiger partial charge is 0.335 e. The first kappa shape index (κ1) is 21.4. The Morgan fingerprint density at radius 1 is 1.03 bits per heavy atom. The minimum Gasteiger partial charge on any atom is -0.478 e. The molecule has 1 saturated heterocycles. The van der Waals surface area contributed by atoms with E-state index in [0.29, 0.717) is 24.3 Å². The third-order valence-corrected chi connectivity index (χ3v) is 5.79. The van der Waals surface area contributed by atoms with Crippen LogP contribution in [0.15, 0.2) is 48.5 Å². The van der Waals surface area contributed by atoms with Crippen molar-refractivity contribution in [3.8, 4) is 5.75 Å². The molecular weight excluding hydrogens is 384 g/mol. The average molecular weight is 410 g/mol. The van der Waals surface area contributed by atoms with Crippen LogP contribution >= 0.6 is 0 Å². The second kappa shape index (κ2) is 8.57. The van der Waals surface area contributed by atoms with Crippen molar-refractivity contribution in [2.45, 2.75) is 46.3 Å². The van der Waals surface area contributed by atoms with Crippen LogP contribution in [-0.2, 0) is 11.2 Å². The van der Waals surface area contributed by atoms with Gasteiger partial charge in [-0.05, 0) is 61.2 Å². The summed E-state index contributed by atoms with van der Waals surface area (Å²) < 4.78 is 6.01. The fourth-order valence-electron chi connectivity index (χ4n) is 3.71. The van der Waals surface area contributed by atoms with E-state index in [2.05, 4.69) is 5.32 Å². The molecule has 1 unspecified atom stereocenters. The first-order valence-corrected chi connectivity index (χ1v) is 10.1. The Morgan fingerprint density at radius 3 is 2.13 bits per heavy atom. The van der Waals surface area contributed by atoms with Gasteiger partial charge in [0.05, 0.1) is 5.56 Å². The summed E-state index contributed by atoms with van der Waals surface area (Å²) in [5, 5.41) is 11.8. The van der Waals surface area contributed by atoms with Gasteiger partial charge in [0.1, 0.15) is 11.2 Å². The highest BCUT2D eigenvalue weighted by molar-refractivity contribution is 6.07. The summed E-state index contributed by atoms with van der Waals surface area (Å²) in [7, 11) is 0. The van der Waals surface area contributed by atoms with Crippen molar-refractivity contribution in [2.24, 2.45) is 5.41 Å². The number of nitrogens with one attached hydrogen (secondary N) is 1. The number of amides is 3. The molecule has 0 bridgehead atoms. The number of rotatable bonds is 7. The van der Waals surface area contributed by atoms with Crippen LogP contribution in [-0.4, -0.2) is 34.1 Å². The number of benzene rings is 2.